The molecule has 5 nitrogen and oxygen atoms in total. The zero-order valence-electron chi connectivity index (χ0n) is 12.6. The number of aliphatic hydroxyl groups excluding tert-OH is 1. The van der Waals surface area contributed by atoms with E-state index in [1.807, 2.05) is 20.8 Å². The van der Waals surface area contributed by atoms with Crippen LogP contribution in [0.4, 0.5) is 4.79 Å². The molecule has 1 saturated carbocycles. The summed E-state index contributed by atoms with van der Waals surface area (Å²) in [6.07, 6.45) is 3.36. The molecule has 0 aromatic rings. The SMILES string of the molecule is CN(CCNC1CCC(O)CC1)C(=O)OC(C)(C)C. The van der Waals surface area contributed by atoms with E-state index in [0.717, 1.165) is 32.2 Å². The van der Waals surface area contributed by atoms with Crippen LogP contribution in [0.3, 0.4) is 0 Å². The lowest BCUT2D eigenvalue weighted by Gasteiger charge is -2.28. The fourth-order valence-electron chi connectivity index (χ4n) is 2.15. The molecule has 1 aliphatic carbocycles. The van der Waals surface area contributed by atoms with Crippen molar-refractivity contribution in [1.29, 1.82) is 0 Å². The Hall–Kier alpha value is -0.810. The van der Waals surface area contributed by atoms with E-state index in [1.54, 1.807) is 11.9 Å². The van der Waals surface area contributed by atoms with Crippen LogP contribution in [-0.2, 0) is 4.74 Å². The van der Waals surface area contributed by atoms with E-state index in [0.29, 0.717) is 12.6 Å². The molecular weight excluding hydrogens is 244 g/mol. The number of ether oxygens (including phenoxy) is 1. The van der Waals surface area contributed by atoms with E-state index in [9.17, 15) is 9.90 Å². The van der Waals surface area contributed by atoms with Gasteiger partial charge >= 0.3 is 6.09 Å². The predicted molar refractivity (Wildman–Crippen MR) is 75.1 cm³/mol. The maximum atomic E-state index is 11.7. The summed E-state index contributed by atoms with van der Waals surface area (Å²) in [7, 11) is 1.75. The van der Waals surface area contributed by atoms with E-state index < -0.39 is 5.60 Å². The number of carbonyl (C=O) groups is 1. The van der Waals surface area contributed by atoms with Crippen molar-refractivity contribution in [2.45, 2.75) is 64.2 Å². The molecule has 0 atom stereocenters. The molecule has 1 rings (SSSR count). The van der Waals surface area contributed by atoms with Gasteiger partial charge in [0.2, 0.25) is 0 Å². The van der Waals surface area contributed by atoms with Crippen LogP contribution in [0.5, 0.6) is 0 Å². The van der Waals surface area contributed by atoms with Gasteiger partial charge in [-0.15, -0.1) is 0 Å². The van der Waals surface area contributed by atoms with Crippen molar-refractivity contribution < 1.29 is 14.6 Å². The minimum atomic E-state index is -0.446. The fourth-order valence-corrected chi connectivity index (χ4v) is 2.15. The van der Waals surface area contributed by atoms with Gasteiger partial charge in [0.25, 0.3) is 0 Å². The topological polar surface area (TPSA) is 61.8 Å². The average molecular weight is 272 g/mol. The van der Waals surface area contributed by atoms with E-state index in [1.165, 1.54) is 0 Å². The van der Waals surface area contributed by atoms with Crippen molar-refractivity contribution in [3.8, 4) is 0 Å². The first kappa shape index (κ1) is 16.2. The van der Waals surface area contributed by atoms with Crippen molar-refractivity contribution in [2.24, 2.45) is 0 Å². The minimum absolute atomic E-state index is 0.123. The van der Waals surface area contributed by atoms with Crippen LogP contribution >= 0.6 is 0 Å². The van der Waals surface area contributed by atoms with Crippen LogP contribution in [0.2, 0.25) is 0 Å². The zero-order valence-corrected chi connectivity index (χ0v) is 12.6. The number of aliphatic hydroxyl groups is 1. The summed E-state index contributed by atoms with van der Waals surface area (Å²) in [5, 5.41) is 12.9. The number of nitrogens with zero attached hydrogens (tertiary/aromatic N) is 1. The summed E-state index contributed by atoms with van der Waals surface area (Å²) >= 11 is 0. The van der Waals surface area contributed by atoms with E-state index in [2.05, 4.69) is 5.32 Å². The number of nitrogens with one attached hydrogen (secondary N) is 1. The lowest BCUT2D eigenvalue weighted by Crippen LogP contribution is -2.41. The third kappa shape index (κ3) is 6.78. The predicted octanol–water partition coefficient (Wildman–Crippen LogP) is 1.75. The van der Waals surface area contributed by atoms with Gasteiger partial charge in [-0.1, -0.05) is 0 Å². The van der Waals surface area contributed by atoms with Crippen molar-refractivity contribution in [2.75, 3.05) is 20.1 Å². The number of hydrogen-bond donors (Lipinski definition) is 2. The molecule has 5 heteroatoms. The lowest BCUT2D eigenvalue weighted by atomic mass is 9.93. The Morgan fingerprint density at radius 3 is 2.42 bits per heavy atom. The second-order valence-corrected chi connectivity index (χ2v) is 6.36. The molecule has 0 heterocycles. The fraction of sp³-hybridized carbons (Fsp3) is 0.929. The third-order valence-corrected chi connectivity index (χ3v) is 3.28. The van der Waals surface area contributed by atoms with Gasteiger partial charge in [-0.25, -0.2) is 4.79 Å². The number of amides is 1. The van der Waals surface area contributed by atoms with E-state index in [-0.39, 0.29) is 12.2 Å². The molecular formula is C14H28N2O3. The molecule has 0 radical (unpaired) electrons. The summed E-state index contributed by atoms with van der Waals surface area (Å²) in [6, 6.07) is 0.468. The van der Waals surface area contributed by atoms with Gasteiger partial charge in [-0.05, 0) is 46.5 Å². The van der Waals surface area contributed by atoms with Gasteiger partial charge in [0.15, 0.2) is 0 Å². The van der Waals surface area contributed by atoms with Crippen LogP contribution in [0.15, 0.2) is 0 Å². The van der Waals surface area contributed by atoms with Crippen LogP contribution in [-0.4, -0.2) is 54.0 Å². The molecule has 0 bridgehead atoms. The normalized spacial score (nSPS) is 24.1. The second kappa shape index (κ2) is 7.10. The summed E-state index contributed by atoms with van der Waals surface area (Å²) in [5.74, 6) is 0. The first-order valence-corrected chi connectivity index (χ1v) is 7.13. The highest BCUT2D eigenvalue weighted by atomic mass is 16.6. The monoisotopic (exact) mass is 272 g/mol. The number of likely N-dealkylation sites (N-methyl/N-ethyl adjacent to an activating group) is 1. The van der Waals surface area contributed by atoms with Crippen LogP contribution in [0.25, 0.3) is 0 Å². The number of carbonyl (C=O) groups excluding carboxylic acids is 1. The molecule has 0 saturated heterocycles. The van der Waals surface area contributed by atoms with Crippen molar-refractivity contribution in [3.05, 3.63) is 0 Å². The Kier molecular flexibility index (Phi) is 6.07. The highest BCUT2D eigenvalue weighted by Crippen LogP contribution is 2.18. The van der Waals surface area contributed by atoms with Crippen LogP contribution < -0.4 is 5.32 Å². The number of rotatable bonds is 4. The van der Waals surface area contributed by atoms with Crippen LogP contribution in [0, 0.1) is 0 Å². The molecule has 1 amide bonds. The Balaban J connectivity index is 2.16. The van der Waals surface area contributed by atoms with Gasteiger partial charge in [-0.2, -0.15) is 0 Å². The third-order valence-electron chi connectivity index (χ3n) is 3.28. The minimum Gasteiger partial charge on any atom is -0.444 e. The average Bonchev–Trinajstić information content (AvgIpc) is 2.29. The molecule has 0 aliphatic heterocycles. The van der Waals surface area contributed by atoms with Gasteiger partial charge in [0.1, 0.15) is 5.60 Å². The molecule has 0 spiro atoms. The molecule has 112 valence electrons. The highest BCUT2D eigenvalue weighted by molar-refractivity contribution is 5.67. The molecule has 2 N–H and O–H groups in total. The van der Waals surface area contributed by atoms with Gasteiger partial charge in [0.05, 0.1) is 6.10 Å². The van der Waals surface area contributed by atoms with Crippen molar-refractivity contribution in [3.63, 3.8) is 0 Å². The van der Waals surface area contributed by atoms with Crippen molar-refractivity contribution in [1.82, 2.24) is 10.2 Å². The van der Waals surface area contributed by atoms with Gasteiger partial charge in [0, 0.05) is 26.2 Å². The lowest BCUT2D eigenvalue weighted by molar-refractivity contribution is 0.0298. The summed E-state index contributed by atoms with van der Waals surface area (Å²) in [6.45, 7) is 6.99. The standard InChI is InChI=1S/C14H28N2O3/c1-14(2,3)19-13(18)16(4)10-9-15-11-5-7-12(17)8-6-11/h11-12,15,17H,5-10H2,1-4H3. The quantitative estimate of drug-likeness (QED) is 0.818. The molecule has 19 heavy (non-hydrogen) atoms. The molecule has 0 aromatic heterocycles. The van der Waals surface area contributed by atoms with E-state index >= 15 is 0 Å². The Morgan fingerprint density at radius 2 is 1.89 bits per heavy atom. The van der Waals surface area contributed by atoms with Gasteiger partial charge in [-0.3, -0.25) is 0 Å². The highest BCUT2D eigenvalue weighted by Gasteiger charge is 2.21. The van der Waals surface area contributed by atoms with Crippen LogP contribution in [0.1, 0.15) is 46.5 Å². The molecule has 0 unspecified atom stereocenters. The maximum Gasteiger partial charge on any atom is 0.410 e. The molecule has 1 fully saturated rings. The first-order valence-electron chi connectivity index (χ1n) is 7.13. The Bertz CT molecular complexity index is 281. The summed E-state index contributed by atoms with van der Waals surface area (Å²) < 4.78 is 5.28. The smallest absolute Gasteiger partial charge is 0.410 e. The summed E-state index contributed by atoms with van der Waals surface area (Å²) in [5.41, 5.74) is -0.446. The maximum absolute atomic E-state index is 11.7. The largest absolute Gasteiger partial charge is 0.444 e. The molecule has 1 aliphatic rings. The van der Waals surface area contributed by atoms with Crippen molar-refractivity contribution >= 4 is 6.09 Å². The summed E-state index contributed by atoms with van der Waals surface area (Å²) in [4.78, 5) is 13.3. The Morgan fingerprint density at radius 1 is 1.32 bits per heavy atom. The second-order valence-electron chi connectivity index (χ2n) is 6.36. The number of hydrogen-bond acceptors (Lipinski definition) is 4. The molecule has 0 aromatic carbocycles. The Labute approximate surface area is 116 Å². The zero-order chi connectivity index (χ0) is 14.5. The van der Waals surface area contributed by atoms with E-state index in [4.69, 9.17) is 4.74 Å². The first-order chi connectivity index (χ1) is 8.78. The van der Waals surface area contributed by atoms with Gasteiger partial charge < -0.3 is 20.1 Å².